The Balaban J connectivity index is 1.89. The van der Waals surface area contributed by atoms with Gasteiger partial charge in [-0.1, -0.05) is 23.7 Å². The third-order valence-electron chi connectivity index (χ3n) is 3.42. The van der Waals surface area contributed by atoms with E-state index in [4.69, 9.17) is 5.21 Å². The lowest BCUT2D eigenvalue weighted by Gasteiger charge is -2.24. The topological polar surface area (TPSA) is 44.6 Å². The van der Waals surface area contributed by atoms with Crippen molar-refractivity contribution in [3.8, 4) is 0 Å². The fraction of sp³-hybridized carbons (Fsp3) is 0.500. The summed E-state index contributed by atoms with van der Waals surface area (Å²) in [5.74, 6) is -0.219. The lowest BCUT2D eigenvalue weighted by Crippen LogP contribution is -2.40. The summed E-state index contributed by atoms with van der Waals surface area (Å²) in [5.41, 5.74) is 1.87. The van der Waals surface area contributed by atoms with Gasteiger partial charge >= 0.3 is 0 Å². The molecule has 1 saturated heterocycles. The van der Waals surface area contributed by atoms with Gasteiger partial charge in [0.15, 0.2) is 0 Å². The van der Waals surface area contributed by atoms with Crippen molar-refractivity contribution in [1.29, 1.82) is 0 Å². The fourth-order valence-corrected chi connectivity index (χ4v) is 2.35. The third-order valence-corrected chi connectivity index (χ3v) is 3.42. The average molecular weight is 250 g/mol. The van der Waals surface area contributed by atoms with Crippen molar-refractivity contribution in [2.45, 2.75) is 38.1 Å². The van der Waals surface area contributed by atoms with Gasteiger partial charge in [0, 0.05) is 6.04 Å². The maximum Gasteiger partial charge on any atom is 0.123 e. The van der Waals surface area contributed by atoms with E-state index in [1.54, 1.807) is 12.1 Å². The summed E-state index contributed by atoms with van der Waals surface area (Å²) < 4.78 is 12.8. The molecule has 2 N–H and O–H groups in total. The van der Waals surface area contributed by atoms with Gasteiger partial charge in [0.25, 0.3) is 0 Å². The summed E-state index contributed by atoms with van der Waals surface area (Å²) in [7, 11) is 0. The Labute approximate surface area is 107 Å². The smallest absolute Gasteiger partial charge is 0.123 e. The van der Waals surface area contributed by atoms with Crippen LogP contribution >= 0.6 is 0 Å². The van der Waals surface area contributed by atoms with Crippen LogP contribution in [0.1, 0.15) is 31.2 Å². The Morgan fingerprint density at radius 3 is 2.72 bits per heavy atom. The molecule has 0 bridgehead atoms. The number of piperidine rings is 1. The van der Waals surface area contributed by atoms with Crippen LogP contribution < -0.4 is 5.32 Å². The molecule has 1 atom stereocenters. The highest BCUT2D eigenvalue weighted by Crippen LogP contribution is 2.13. The van der Waals surface area contributed by atoms with Gasteiger partial charge in [0.1, 0.15) is 5.82 Å². The molecule has 1 fully saturated rings. The Kier molecular flexibility index (Phi) is 4.70. The van der Waals surface area contributed by atoms with Crippen LogP contribution in [0.2, 0.25) is 0 Å². The summed E-state index contributed by atoms with van der Waals surface area (Å²) >= 11 is 0. The molecule has 1 aliphatic heterocycles. The second kappa shape index (κ2) is 6.50. The van der Waals surface area contributed by atoms with E-state index in [0.717, 1.165) is 30.7 Å². The van der Waals surface area contributed by atoms with E-state index in [0.29, 0.717) is 6.42 Å². The minimum Gasteiger partial charge on any atom is -0.411 e. The first kappa shape index (κ1) is 13.0. The number of nitrogens with zero attached hydrogens (tertiary/aromatic N) is 1. The minimum atomic E-state index is -0.219. The summed E-state index contributed by atoms with van der Waals surface area (Å²) in [6, 6.07) is 6.68. The first-order valence-electron chi connectivity index (χ1n) is 6.48. The number of aryl methyl sites for hydroxylation is 1. The predicted octanol–water partition coefficient (Wildman–Crippen LogP) is 2.73. The molecule has 1 aromatic carbocycles. The largest absolute Gasteiger partial charge is 0.411 e. The van der Waals surface area contributed by atoms with Crippen molar-refractivity contribution < 1.29 is 9.60 Å². The molecular formula is C14H19FN2O. The third kappa shape index (κ3) is 3.53. The van der Waals surface area contributed by atoms with Crippen molar-refractivity contribution in [3.63, 3.8) is 0 Å². The summed E-state index contributed by atoms with van der Waals surface area (Å²) in [4.78, 5) is 0. The zero-order valence-corrected chi connectivity index (χ0v) is 10.4. The highest BCUT2D eigenvalue weighted by atomic mass is 19.1. The lowest BCUT2D eigenvalue weighted by molar-refractivity contribution is 0.311. The molecule has 1 aliphatic rings. The van der Waals surface area contributed by atoms with Crippen LogP contribution in [0.3, 0.4) is 0 Å². The second-order valence-corrected chi connectivity index (χ2v) is 4.72. The van der Waals surface area contributed by atoms with E-state index in [1.165, 1.54) is 25.0 Å². The molecule has 0 amide bonds. The summed E-state index contributed by atoms with van der Waals surface area (Å²) in [6.07, 6.45) is 4.88. The number of benzene rings is 1. The van der Waals surface area contributed by atoms with Gasteiger partial charge in [-0.2, -0.15) is 0 Å². The van der Waals surface area contributed by atoms with E-state index in [2.05, 4.69) is 10.5 Å². The Morgan fingerprint density at radius 2 is 2.11 bits per heavy atom. The van der Waals surface area contributed by atoms with Gasteiger partial charge < -0.3 is 10.5 Å². The summed E-state index contributed by atoms with van der Waals surface area (Å²) in [6.45, 7) is 0.986. The quantitative estimate of drug-likeness (QED) is 0.490. The normalized spacial score (nSPS) is 20.9. The van der Waals surface area contributed by atoms with Gasteiger partial charge in [-0.25, -0.2) is 4.39 Å². The SMILES string of the molecule is ON=C(CCc1ccc(F)cc1)C1CCCCN1. The monoisotopic (exact) mass is 250 g/mol. The zero-order chi connectivity index (χ0) is 12.8. The lowest BCUT2D eigenvalue weighted by atomic mass is 9.96. The number of oxime groups is 1. The molecule has 1 heterocycles. The van der Waals surface area contributed by atoms with E-state index in [9.17, 15) is 4.39 Å². The molecule has 0 saturated carbocycles. The van der Waals surface area contributed by atoms with Gasteiger partial charge in [0.05, 0.1) is 5.71 Å². The number of hydrogen-bond acceptors (Lipinski definition) is 3. The molecule has 0 radical (unpaired) electrons. The maximum atomic E-state index is 12.8. The van der Waals surface area contributed by atoms with E-state index >= 15 is 0 Å². The van der Waals surface area contributed by atoms with E-state index in [1.807, 2.05) is 0 Å². The minimum absolute atomic E-state index is 0.198. The van der Waals surface area contributed by atoms with Crippen molar-refractivity contribution in [2.75, 3.05) is 6.54 Å². The Bertz CT molecular complexity index is 397. The van der Waals surface area contributed by atoms with E-state index in [-0.39, 0.29) is 11.9 Å². The van der Waals surface area contributed by atoms with Crippen LogP contribution in [-0.4, -0.2) is 23.5 Å². The molecule has 0 aromatic heterocycles. The number of halogens is 1. The Morgan fingerprint density at radius 1 is 1.33 bits per heavy atom. The molecule has 18 heavy (non-hydrogen) atoms. The van der Waals surface area contributed by atoms with Crippen molar-refractivity contribution >= 4 is 5.71 Å². The van der Waals surface area contributed by atoms with Crippen LogP contribution in [0.4, 0.5) is 4.39 Å². The molecule has 2 rings (SSSR count). The van der Waals surface area contributed by atoms with Crippen molar-refractivity contribution in [1.82, 2.24) is 5.32 Å². The first-order chi connectivity index (χ1) is 8.79. The molecule has 98 valence electrons. The van der Waals surface area contributed by atoms with Crippen LogP contribution in [0.15, 0.2) is 29.4 Å². The molecule has 0 spiro atoms. The zero-order valence-electron chi connectivity index (χ0n) is 10.4. The highest BCUT2D eigenvalue weighted by Gasteiger charge is 2.18. The van der Waals surface area contributed by atoms with Crippen LogP contribution in [0.5, 0.6) is 0 Å². The molecule has 1 aromatic rings. The summed E-state index contributed by atoms with van der Waals surface area (Å²) in [5, 5.41) is 15.9. The maximum absolute atomic E-state index is 12.8. The predicted molar refractivity (Wildman–Crippen MR) is 69.6 cm³/mol. The standard InChI is InChI=1S/C14H19FN2O/c15-12-7-4-11(5-8-12)6-9-14(17-18)13-3-1-2-10-16-13/h4-5,7-8,13,16,18H,1-3,6,9-10H2. The molecule has 0 aliphatic carbocycles. The second-order valence-electron chi connectivity index (χ2n) is 4.72. The van der Waals surface area contributed by atoms with E-state index < -0.39 is 0 Å². The fourth-order valence-electron chi connectivity index (χ4n) is 2.35. The molecule has 3 nitrogen and oxygen atoms in total. The van der Waals surface area contributed by atoms with Gasteiger partial charge in [-0.3, -0.25) is 0 Å². The number of rotatable bonds is 4. The number of hydrogen-bond donors (Lipinski definition) is 2. The number of nitrogens with one attached hydrogen (secondary N) is 1. The van der Waals surface area contributed by atoms with Crippen LogP contribution in [0.25, 0.3) is 0 Å². The van der Waals surface area contributed by atoms with Crippen molar-refractivity contribution in [3.05, 3.63) is 35.6 Å². The van der Waals surface area contributed by atoms with Crippen molar-refractivity contribution in [2.24, 2.45) is 5.16 Å². The molecule has 4 heteroatoms. The molecule has 1 unspecified atom stereocenters. The Hall–Kier alpha value is -1.42. The van der Waals surface area contributed by atoms with Crippen LogP contribution in [0, 0.1) is 5.82 Å². The van der Waals surface area contributed by atoms with Gasteiger partial charge in [-0.15, -0.1) is 0 Å². The van der Waals surface area contributed by atoms with Gasteiger partial charge in [0.2, 0.25) is 0 Å². The van der Waals surface area contributed by atoms with Crippen LogP contribution in [-0.2, 0) is 6.42 Å². The van der Waals surface area contributed by atoms with Gasteiger partial charge in [-0.05, 0) is 49.9 Å². The highest BCUT2D eigenvalue weighted by molar-refractivity contribution is 5.89. The first-order valence-corrected chi connectivity index (χ1v) is 6.48. The average Bonchev–Trinajstić information content (AvgIpc) is 2.43. The molecular weight excluding hydrogens is 231 g/mol.